The molecule has 1 rings (SSSR count). The van der Waals surface area contributed by atoms with Gasteiger partial charge in [0.25, 0.3) is 6.43 Å². The second kappa shape index (κ2) is 3.64. The van der Waals surface area contributed by atoms with E-state index in [-0.39, 0.29) is 11.7 Å². The minimum atomic E-state index is -2.66. The van der Waals surface area contributed by atoms with Crippen molar-refractivity contribution in [2.75, 3.05) is 5.73 Å². The molecule has 72 valence electrons. The third kappa shape index (κ3) is 2.11. The molecule has 0 aliphatic rings. The Labute approximate surface area is 75.0 Å². The lowest BCUT2D eigenvalue weighted by Gasteiger charge is -2.07. The zero-order chi connectivity index (χ0) is 10.0. The van der Waals surface area contributed by atoms with Gasteiger partial charge in [-0.25, -0.2) is 18.7 Å². The molecule has 0 amide bonds. The van der Waals surface area contributed by atoms with Gasteiger partial charge >= 0.3 is 0 Å². The maximum Gasteiger partial charge on any atom is 0.283 e. The molecule has 1 aromatic heterocycles. The molecule has 0 bridgehead atoms. The Balaban J connectivity index is 3.06. The average molecular weight is 187 g/mol. The number of aromatic nitrogens is 2. The Morgan fingerprint density at radius 2 is 2.00 bits per heavy atom. The topological polar surface area (TPSA) is 51.8 Å². The first-order valence-electron chi connectivity index (χ1n) is 3.92. The van der Waals surface area contributed by atoms with Gasteiger partial charge in [0.15, 0.2) is 5.82 Å². The van der Waals surface area contributed by atoms with E-state index in [9.17, 15) is 8.78 Å². The fourth-order valence-electron chi connectivity index (χ4n) is 0.873. The minimum absolute atomic E-state index is 0.140. The SMILES string of the molecule is CC(C)c1cnc(C(F)F)c(N)n1. The van der Waals surface area contributed by atoms with Gasteiger partial charge in [0.05, 0.1) is 5.69 Å². The molecule has 5 heteroatoms. The van der Waals surface area contributed by atoms with Gasteiger partial charge in [0, 0.05) is 6.20 Å². The van der Waals surface area contributed by atoms with E-state index in [2.05, 4.69) is 9.97 Å². The summed E-state index contributed by atoms with van der Waals surface area (Å²) in [4.78, 5) is 7.39. The summed E-state index contributed by atoms with van der Waals surface area (Å²) in [6, 6.07) is 0. The summed E-state index contributed by atoms with van der Waals surface area (Å²) in [7, 11) is 0. The highest BCUT2D eigenvalue weighted by molar-refractivity contribution is 5.35. The third-order valence-corrected chi connectivity index (χ3v) is 1.65. The molecule has 0 aromatic carbocycles. The Hall–Kier alpha value is -1.26. The Bertz CT molecular complexity index is 299. The van der Waals surface area contributed by atoms with Crippen molar-refractivity contribution in [2.45, 2.75) is 26.2 Å². The number of hydrogen-bond acceptors (Lipinski definition) is 3. The summed E-state index contributed by atoms with van der Waals surface area (Å²) in [5.74, 6) is -0.0391. The smallest absolute Gasteiger partial charge is 0.283 e. The first-order chi connectivity index (χ1) is 6.02. The second-order valence-electron chi connectivity index (χ2n) is 3.02. The molecule has 2 N–H and O–H groups in total. The zero-order valence-electron chi connectivity index (χ0n) is 7.46. The van der Waals surface area contributed by atoms with Crippen molar-refractivity contribution in [2.24, 2.45) is 0 Å². The van der Waals surface area contributed by atoms with E-state index in [0.29, 0.717) is 5.69 Å². The van der Waals surface area contributed by atoms with Gasteiger partial charge in [-0.3, -0.25) is 0 Å². The lowest BCUT2D eigenvalue weighted by Crippen LogP contribution is -2.05. The molecule has 1 aromatic rings. The highest BCUT2D eigenvalue weighted by Gasteiger charge is 2.15. The van der Waals surface area contributed by atoms with Crippen molar-refractivity contribution in [1.29, 1.82) is 0 Å². The lowest BCUT2D eigenvalue weighted by atomic mass is 10.1. The maximum atomic E-state index is 12.2. The number of alkyl halides is 2. The van der Waals surface area contributed by atoms with Gasteiger partial charge in [-0.2, -0.15) is 0 Å². The van der Waals surface area contributed by atoms with E-state index in [1.54, 1.807) is 0 Å². The minimum Gasteiger partial charge on any atom is -0.382 e. The molecular formula is C8H11F2N3. The predicted octanol–water partition coefficient (Wildman–Crippen LogP) is 2.12. The number of anilines is 1. The van der Waals surface area contributed by atoms with Crippen LogP contribution < -0.4 is 5.73 Å². The molecule has 0 unspecified atom stereocenters. The molecule has 0 spiro atoms. The number of hydrogen-bond donors (Lipinski definition) is 1. The molecule has 0 saturated carbocycles. The van der Waals surface area contributed by atoms with Crippen LogP contribution in [0.4, 0.5) is 14.6 Å². The van der Waals surface area contributed by atoms with Crippen molar-refractivity contribution in [3.63, 3.8) is 0 Å². The number of nitrogens with zero attached hydrogens (tertiary/aromatic N) is 2. The number of halogens is 2. The molecule has 0 fully saturated rings. The normalized spacial score (nSPS) is 11.2. The largest absolute Gasteiger partial charge is 0.382 e. The van der Waals surface area contributed by atoms with Crippen molar-refractivity contribution >= 4 is 5.82 Å². The van der Waals surface area contributed by atoms with E-state index in [0.717, 1.165) is 0 Å². The second-order valence-corrected chi connectivity index (χ2v) is 3.02. The van der Waals surface area contributed by atoms with E-state index in [1.165, 1.54) is 6.20 Å². The van der Waals surface area contributed by atoms with Crippen LogP contribution in [0.3, 0.4) is 0 Å². The summed E-state index contributed by atoms with van der Waals surface area (Å²) in [6.45, 7) is 3.79. The van der Waals surface area contributed by atoms with Gasteiger partial charge in [-0.05, 0) is 5.92 Å². The van der Waals surface area contributed by atoms with Crippen molar-refractivity contribution < 1.29 is 8.78 Å². The van der Waals surface area contributed by atoms with Gasteiger partial charge in [0.1, 0.15) is 5.69 Å². The van der Waals surface area contributed by atoms with Crippen LogP contribution >= 0.6 is 0 Å². The Morgan fingerprint density at radius 1 is 1.38 bits per heavy atom. The van der Waals surface area contributed by atoms with Crippen LogP contribution in [0.1, 0.15) is 37.6 Å². The maximum absolute atomic E-state index is 12.2. The molecule has 1 heterocycles. The van der Waals surface area contributed by atoms with Gasteiger partial charge < -0.3 is 5.73 Å². The van der Waals surface area contributed by atoms with E-state index in [1.807, 2.05) is 13.8 Å². The average Bonchev–Trinajstić information content (AvgIpc) is 2.03. The van der Waals surface area contributed by atoms with Crippen LogP contribution in [0.2, 0.25) is 0 Å². The van der Waals surface area contributed by atoms with Crippen molar-refractivity contribution in [3.05, 3.63) is 17.6 Å². The third-order valence-electron chi connectivity index (χ3n) is 1.65. The number of nitrogens with two attached hydrogens (primary N) is 1. The summed E-state index contributed by atoms with van der Waals surface area (Å²) in [5, 5.41) is 0. The van der Waals surface area contributed by atoms with Gasteiger partial charge in [-0.15, -0.1) is 0 Å². The molecule has 0 aliphatic heterocycles. The molecule has 0 radical (unpaired) electrons. The highest BCUT2D eigenvalue weighted by atomic mass is 19.3. The first-order valence-corrected chi connectivity index (χ1v) is 3.92. The van der Waals surface area contributed by atoms with E-state index >= 15 is 0 Å². The summed E-state index contributed by atoms with van der Waals surface area (Å²) < 4.78 is 24.4. The van der Waals surface area contributed by atoms with Crippen LogP contribution in [-0.2, 0) is 0 Å². The summed E-state index contributed by atoms with van der Waals surface area (Å²) in [5.41, 5.74) is 5.49. The van der Waals surface area contributed by atoms with E-state index < -0.39 is 12.1 Å². The lowest BCUT2D eigenvalue weighted by molar-refractivity contribution is 0.146. The van der Waals surface area contributed by atoms with Crippen molar-refractivity contribution in [3.8, 4) is 0 Å². The molecule has 0 aliphatic carbocycles. The van der Waals surface area contributed by atoms with Crippen molar-refractivity contribution in [1.82, 2.24) is 9.97 Å². The molecule has 13 heavy (non-hydrogen) atoms. The van der Waals surface area contributed by atoms with Crippen LogP contribution in [0.15, 0.2) is 6.20 Å². The molecule has 0 saturated heterocycles. The molecular weight excluding hydrogens is 176 g/mol. The van der Waals surface area contributed by atoms with Crippen LogP contribution in [-0.4, -0.2) is 9.97 Å². The molecule has 0 atom stereocenters. The monoisotopic (exact) mass is 187 g/mol. The molecule has 3 nitrogen and oxygen atoms in total. The van der Waals surface area contributed by atoms with E-state index in [4.69, 9.17) is 5.73 Å². The summed E-state index contributed by atoms with van der Waals surface area (Å²) in [6.07, 6.45) is -1.32. The highest BCUT2D eigenvalue weighted by Crippen LogP contribution is 2.22. The summed E-state index contributed by atoms with van der Waals surface area (Å²) >= 11 is 0. The zero-order valence-corrected chi connectivity index (χ0v) is 7.46. The number of rotatable bonds is 2. The Morgan fingerprint density at radius 3 is 2.38 bits per heavy atom. The fraction of sp³-hybridized carbons (Fsp3) is 0.500. The van der Waals surface area contributed by atoms with Crippen LogP contribution in [0, 0.1) is 0 Å². The van der Waals surface area contributed by atoms with Crippen LogP contribution in [0.25, 0.3) is 0 Å². The van der Waals surface area contributed by atoms with Crippen LogP contribution in [0.5, 0.6) is 0 Å². The predicted molar refractivity (Wildman–Crippen MR) is 45.5 cm³/mol. The van der Waals surface area contributed by atoms with Gasteiger partial charge in [-0.1, -0.05) is 13.8 Å². The van der Waals surface area contributed by atoms with Gasteiger partial charge in [0.2, 0.25) is 0 Å². The quantitative estimate of drug-likeness (QED) is 0.771. The number of nitrogen functional groups attached to an aromatic ring is 1. The first kappa shape index (κ1) is 9.83. The standard InChI is InChI=1S/C8H11F2N3/c1-4(2)5-3-12-6(7(9)10)8(11)13-5/h3-4,7H,1-2H3,(H2,11,13). The fourth-order valence-corrected chi connectivity index (χ4v) is 0.873. The Kier molecular flexibility index (Phi) is 2.75.